The van der Waals surface area contributed by atoms with Gasteiger partial charge in [-0.3, -0.25) is 0 Å². The summed E-state index contributed by atoms with van der Waals surface area (Å²) in [5, 5.41) is 0. The van der Waals surface area contributed by atoms with Gasteiger partial charge in [0.05, 0.1) is 12.0 Å². The van der Waals surface area contributed by atoms with Gasteiger partial charge in [0, 0.05) is 12.4 Å². The zero-order valence-corrected chi connectivity index (χ0v) is 7.69. The highest BCUT2D eigenvalue weighted by molar-refractivity contribution is 5.05. The summed E-state index contributed by atoms with van der Waals surface area (Å²) in [6, 6.07) is 0. The number of aromatic nitrogens is 3. The topological polar surface area (TPSA) is 43.9 Å². The van der Waals surface area contributed by atoms with Gasteiger partial charge in [0.2, 0.25) is 5.89 Å². The van der Waals surface area contributed by atoms with E-state index in [1.54, 1.807) is 12.5 Å². The molecule has 2 rings (SSSR count). The van der Waals surface area contributed by atoms with Gasteiger partial charge in [-0.1, -0.05) is 0 Å². The number of hydrogen-bond acceptors (Lipinski definition) is 3. The average molecular weight is 177 g/mol. The highest BCUT2D eigenvalue weighted by Gasteiger charge is 2.04. The molecule has 4 heteroatoms. The Morgan fingerprint density at radius 2 is 2.31 bits per heavy atom. The molecule has 0 unspecified atom stereocenters. The maximum atomic E-state index is 5.43. The first-order valence-corrected chi connectivity index (χ1v) is 4.14. The minimum absolute atomic E-state index is 0.648. The molecule has 0 saturated carbocycles. The van der Waals surface area contributed by atoms with Crippen LogP contribution in [0.15, 0.2) is 23.1 Å². The summed E-state index contributed by atoms with van der Waals surface area (Å²) in [7, 11) is 0. The van der Waals surface area contributed by atoms with Crippen molar-refractivity contribution in [3.8, 4) is 0 Å². The van der Waals surface area contributed by atoms with E-state index >= 15 is 0 Å². The average Bonchev–Trinajstić information content (AvgIpc) is 2.64. The van der Waals surface area contributed by atoms with Crippen LogP contribution in [0.5, 0.6) is 0 Å². The Hall–Kier alpha value is -1.58. The number of nitrogens with zero attached hydrogens (tertiary/aromatic N) is 3. The van der Waals surface area contributed by atoms with Gasteiger partial charge in [-0.2, -0.15) is 0 Å². The first-order chi connectivity index (χ1) is 6.25. The minimum Gasteiger partial charge on any atom is -0.444 e. The van der Waals surface area contributed by atoms with Crippen LogP contribution >= 0.6 is 0 Å². The van der Waals surface area contributed by atoms with Gasteiger partial charge in [0.15, 0.2) is 0 Å². The molecule has 2 heterocycles. The molecule has 0 radical (unpaired) electrons. The second-order valence-corrected chi connectivity index (χ2v) is 2.98. The molecular formula is C9H11N3O. The predicted molar refractivity (Wildman–Crippen MR) is 47.3 cm³/mol. The zero-order valence-electron chi connectivity index (χ0n) is 7.69. The number of aryl methyl sites for hydroxylation is 2. The fourth-order valence-electron chi connectivity index (χ4n) is 1.14. The van der Waals surface area contributed by atoms with Gasteiger partial charge in [0.1, 0.15) is 12.3 Å². The van der Waals surface area contributed by atoms with Gasteiger partial charge in [-0.25, -0.2) is 9.97 Å². The van der Waals surface area contributed by atoms with Crippen LogP contribution < -0.4 is 0 Å². The summed E-state index contributed by atoms with van der Waals surface area (Å²) in [4.78, 5) is 8.21. The predicted octanol–water partition coefficient (Wildman–Crippen LogP) is 1.54. The second kappa shape index (κ2) is 3.05. The lowest BCUT2D eigenvalue weighted by Gasteiger charge is -1.94. The van der Waals surface area contributed by atoms with Crippen LogP contribution in [0.1, 0.15) is 17.3 Å². The summed E-state index contributed by atoms with van der Waals surface area (Å²) in [5.74, 6) is 1.61. The number of hydrogen-bond donors (Lipinski definition) is 0. The molecule has 68 valence electrons. The summed E-state index contributed by atoms with van der Waals surface area (Å²) < 4.78 is 7.35. The van der Waals surface area contributed by atoms with Crippen molar-refractivity contribution in [3.05, 3.63) is 36.1 Å². The Balaban J connectivity index is 2.19. The van der Waals surface area contributed by atoms with E-state index in [1.807, 2.05) is 24.6 Å². The number of imidazole rings is 1. The highest BCUT2D eigenvalue weighted by atomic mass is 16.4. The summed E-state index contributed by atoms with van der Waals surface area (Å²) in [6.45, 7) is 4.50. The molecule has 0 aliphatic rings. The van der Waals surface area contributed by atoms with Crippen LogP contribution in [0.3, 0.4) is 0 Å². The van der Waals surface area contributed by atoms with Crippen LogP contribution in [0.25, 0.3) is 0 Å². The Bertz CT molecular complexity index is 369. The quantitative estimate of drug-likeness (QED) is 0.698. The summed E-state index contributed by atoms with van der Waals surface area (Å²) in [5.41, 5.74) is 0.954. The van der Waals surface area contributed by atoms with Crippen LogP contribution in [-0.2, 0) is 6.54 Å². The zero-order chi connectivity index (χ0) is 9.26. The van der Waals surface area contributed by atoms with Crippen molar-refractivity contribution >= 4 is 0 Å². The molecule has 0 aliphatic carbocycles. The second-order valence-electron chi connectivity index (χ2n) is 2.98. The van der Waals surface area contributed by atoms with Gasteiger partial charge >= 0.3 is 0 Å². The van der Waals surface area contributed by atoms with Crippen molar-refractivity contribution < 1.29 is 4.42 Å². The minimum atomic E-state index is 0.648. The van der Waals surface area contributed by atoms with Crippen molar-refractivity contribution in [2.75, 3.05) is 0 Å². The van der Waals surface area contributed by atoms with Gasteiger partial charge in [0.25, 0.3) is 0 Å². The smallest absolute Gasteiger partial charge is 0.214 e. The van der Waals surface area contributed by atoms with Crippen molar-refractivity contribution in [1.29, 1.82) is 0 Å². The van der Waals surface area contributed by atoms with Crippen LogP contribution in [0.4, 0.5) is 0 Å². The third-order valence-electron chi connectivity index (χ3n) is 1.95. The van der Waals surface area contributed by atoms with E-state index in [2.05, 4.69) is 9.97 Å². The first kappa shape index (κ1) is 8.04. The lowest BCUT2D eigenvalue weighted by atomic mass is 10.4. The molecular weight excluding hydrogens is 166 g/mol. The van der Waals surface area contributed by atoms with Crippen molar-refractivity contribution in [1.82, 2.24) is 14.5 Å². The maximum Gasteiger partial charge on any atom is 0.214 e. The maximum absolute atomic E-state index is 5.43. The van der Waals surface area contributed by atoms with E-state index in [4.69, 9.17) is 4.42 Å². The third kappa shape index (κ3) is 1.61. The summed E-state index contributed by atoms with van der Waals surface area (Å²) >= 11 is 0. The molecule has 0 saturated heterocycles. The largest absolute Gasteiger partial charge is 0.444 e. The monoisotopic (exact) mass is 177 g/mol. The van der Waals surface area contributed by atoms with E-state index in [1.165, 1.54) is 0 Å². The van der Waals surface area contributed by atoms with Crippen LogP contribution in [-0.4, -0.2) is 14.5 Å². The number of rotatable bonds is 2. The first-order valence-electron chi connectivity index (χ1n) is 4.14. The molecule has 0 spiro atoms. The summed E-state index contributed by atoms with van der Waals surface area (Å²) in [6.07, 6.45) is 5.37. The molecule has 0 N–H and O–H groups in total. The fraction of sp³-hybridized carbons (Fsp3) is 0.333. The normalized spacial score (nSPS) is 10.6. The standard InChI is InChI=1S/C9H11N3O/c1-7-8(2)13-9(11-7)5-12-4-3-10-6-12/h3-4,6H,5H2,1-2H3. The molecule has 0 atom stereocenters. The van der Waals surface area contributed by atoms with E-state index in [0.29, 0.717) is 6.54 Å². The van der Waals surface area contributed by atoms with Crippen LogP contribution in [0.2, 0.25) is 0 Å². The highest BCUT2D eigenvalue weighted by Crippen LogP contribution is 2.09. The molecule has 0 bridgehead atoms. The molecule has 2 aromatic rings. The Morgan fingerprint density at radius 3 is 2.85 bits per heavy atom. The van der Waals surface area contributed by atoms with Crippen molar-refractivity contribution in [2.45, 2.75) is 20.4 Å². The van der Waals surface area contributed by atoms with Crippen molar-refractivity contribution in [2.24, 2.45) is 0 Å². The Kier molecular flexibility index (Phi) is 1.88. The van der Waals surface area contributed by atoms with Gasteiger partial charge < -0.3 is 8.98 Å². The van der Waals surface area contributed by atoms with Gasteiger partial charge in [-0.15, -0.1) is 0 Å². The molecule has 0 aliphatic heterocycles. The van der Waals surface area contributed by atoms with Crippen LogP contribution in [0, 0.1) is 13.8 Å². The third-order valence-corrected chi connectivity index (χ3v) is 1.95. The molecule has 0 fully saturated rings. The molecule has 13 heavy (non-hydrogen) atoms. The van der Waals surface area contributed by atoms with E-state index in [0.717, 1.165) is 17.3 Å². The Morgan fingerprint density at radius 1 is 1.46 bits per heavy atom. The number of oxazole rings is 1. The van der Waals surface area contributed by atoms with E-state index in [-0.39, 0.29) is 0 Å². The lowest BCUT2D eigenvalue weighted by Crippen LogP contribution is -1.96. The fourth-order valence-corrected chi connectivity index (χ4v) is 1.14. The molecule has 2 aromatic heterocycles. The van der Waals surface area contributed by atoms with E-state index in [9.17, 15) is 0 Å². The molecule has 0 amide bonds. The molecule has 0 aromatic carbocycles. The van der Waals surface area contributed by atoms with Crippen molar-refractivity contribution in [3.63, 3.8) is 0 Å². The molecule has 4 nitrogen and oxygen atoms in total. The SMILES string of the molecule is Cc1nc(Cn2ccnc2)oc1C. The Labute approximate surface area is 76.2 Å². The lowest BCUT2D eigenvalue weighted by molar-refractivity contribution is 0.457. The van der Waals surface area contributed by atoms with Gasteiger partial charge in [-0.05, 0) is 13.8 Å². The van der Waals surface area contributed by atoms with E-state index < -0.39 is 0 Å².